The summed E-state index contributed by atoms with van der Waals surface area (Å²) < 4.78 is 42.8. The zero-order valence-corrected chi connectivity index (χ0v) is 10.0. The number of halogens is 3. The molecule has 6 heteroatoms. The van der Waals surface area contributed by atoms with Crippen molar-refractivity contribution >= 4 is 22.6 Å². The number of hydrogen-bond acceptors (Lipinski definition) is 2. The number of fused-ring (bicyclic) bond motifs is 2. The highest BCUT2D eigenvalue weighted by atomic mass is 19.4. The van der Waals surface area contributed by atoms with Crippen LogP contribution in [0, 0.1) is 6.92 Å². The van der Waals surface area contributed by atoms with Gasteiger partial charge in [-0.2, -0.15) is 13.2 Å². The fourth-order valence-corrected chi connectivity index (χ4v) is 2.40. The summed E-state index contributed by atoms with van der Waals surface area (Å²) in [6.07, 6.45) is -2.87. The number of nitrogens with zero attached hydrogens (tertiary/aromatic N) is 1. The topological polar surface area (TPSA) is 33.5 Å². The van der Waals surface area contributed by atoms with Crippen LogP contribution in [0.5, 0.6) is 0 Å². The van der Waals surface area contributed by atoms with E-state index in [0.717, 1.165) is 21.4 Å². The lowest BCUT2D eigenvalue weighted by Crippen LogP contribution is -2.40. The van der Waals surface area contributed by atoms with Crippen LogP contribution in [0.25, 0.3) is 11.0 Å². The molecule has 1 amide bonds. The van der Waals surface area contributed by atoms with Crippen LogP contribution >= 0.6 is 0 Å². The smallest absolute Gasteiger partial charge is 0.464 e. The summed E-state index contributed by atoms with van der Waals surface area (Å²) in [6.45, 7) is 1.92. The van der Waals surface area contributed by atoms with Crippen molar-refractivity contribution in [3.63, 3.8) is 0 Å². The van der Waals surface area contributed by atoms with E-state index in [9.17, 15) is 18.0 Å². The van der Waals surface area contributed by atoms with Crippen LogP contribution in [0.3, 0.4) is 0 Å². The molecule has 1 aliphatic heterocycles. The summed E-state index contributed by atoms with van der Waals surface area (Å²) >= 11 is 0. The van der Waals surface area contributed by atoms with Crippen molar-refractivity contribution in [1.29, 1.82) is 0 Å². The molecule has 0 spiro atoms. The normalized spacial score (nSPS) is 15.1. The van der Waals surface area contributed by atoms with Crippen LogP contribution < -0.4 is 4.90 Å². The standard InChI is InChI=1S/C13H10F3NO2/c1-7-6-19-11-5-10-8(4-9(7)11)2-3-17(10)12(18)13(14,15)16/h4-6H,2-3H2,1H3. The summed E-state index contributed by atoms with van der Waals surface area (Å²) in [5.74, 6) is -1.83. The number of anilines is 1. The molecule has 3 rings (SSSR count). The number of carbonyl (C=O) groups excluding carboxylic acids is 1. The number of furan rings is 1. The Morgan fingerprint density at radius 1 is 1.37 bits per heavy atom. The van der Waals surface area contributed by atoms with E-state index >= 15 is 0 Å². The lowest BCUT2D eigenvalue weighted by molar-refractivity contribution is -0.170. The zero-order valence-electron chi connectivity index (χ0n) is 10.0. The van der Waals surface area contributed by atoms with E-state index in [-0.39, 0.29) is 6.54 Å². The van der Waals surface area contributed by atoms with Gasteiger partial charge in [-0.3, -0.25) is 4.79 Å². The van der Waals surface area contributed by atoms with Crippen molar-refractivity contribution in [3.8, 4) is 0 Å². The molecule has 1 aliphatic rings. The van der Waals surface area contributed by atoms with E-state index in [1.54, 1.807) is 12.3 Å². The Labute approximate surface area is 106 Å². The van der Waals surface area contributed by atoms with Gasteiger partial charge in [0.25, 0.3) is 0 Å². The predicted molar refractivity (Wildman–Crippen MR) is 63.1 cm³/mol. The first-order valence-electron chi connectivity index (χ1n) is 5.77. The Morgan fingerprint density at radius 3 is 2.79 bits per heavy atom. The van der Waals surface area contributed by atoms with Gasteiger partial charge in [0, 0.05) is 18.0 Å². The fraction of sp³-hybridized carbons (Fsp3) is 0.308. The van der Waals surface area contributed by atoms with Crippen molar-refractivity contribution < 1.29 is 22.4 Å². The minimum atomic E-state index is -4.85. The van der Waals surface area contributed by atoms with Gasteiger partial charge < -0.3 is 9.32 Å². The number of hydrogen-bond donors (Lipinski definition) is 0. The van der Waals surface area contributed by atoms with E-state index in [1.165, 1.54) is 6.07 Å². The maximum atomic E-state index is 12.5. The summed E-state index contributed by atoms with van der Waals surface area (Å²) in [5.41, 5.74) is 2.47. The number of benzene rings is 1. The molecule has 0 saturated carbocycles. The molecule has 19 heavy (non-hydrogen) atoms. The van der Waals surface area contributed by atoms with E-state index < -0.39 is 12.1 Å². The van der Waals surface area contributed by atoms with E-state index in [1.807, 2.05) is 6.92 Å². The lowest BCUT2D eigenvalue weighted by Gasteiger charge is -2.18. The third kappa shape index (κ3) is 1.78. The summed E-state index contributed by atoms with van der Waals surface area (Å²) in [4.78, 5) is 12.1. The van der Waals surface area contributed by atoms with E-state index in [2.05, 4.69) is 0 Å². The average Bonchev–Trinajstić information content (AvgIpc) is 2.89. The molecule has 0 fully saturated rings. The number of amides is 1. The molecule has 2 heterocycles. The first-order valence-corrected chi connectivity index (χ1v) is 5.77. The number of alkyl halides is 3. The molecule has 0 bridgehead atoms. The lowest BCUT2D eigenvalue weighted by atomic mass is 10.1. The highest BCUT2D eigenvalue weighted by Gasteiger charge is 2.44. The van der Waals surface area contributed by atoms with Gasteiger partial charge in [-0.15, -0.1) is 0 Å². The summed E-state index contributed by atoms with van der Waals surface area (Å²) in [6, 6.07) is 3.31. The second-order valence-electron chi connectivity index (χ2n) is 4.60. The first-order chi connectivity index (χ1) is 8.88. The Kier molecular flexibility index (Phi) is 2.39. The van der Waals surface area contributed by atoms with Crippen LogP contribution in [0.2, 0.25) is 0 Å². The molecule has 0 aliphatic carbocycles. The van der Waals surface area contributed by atoms with Crippen LogP contribution in [-0.2, 0) is 11.2 Å². The number of aryl methyl sites for hydroxylation is 1. The monoisotopic (exact) mass is 269 g/mol. The molecule has 1 aromatic carbocycles. The maximum Gasteiger partial charge on any atom is 0.471 e. The van der Waals surface area contributed by atoms with Crippen molar-refractivity contribution in [3.05, 3.63) is 29.5 Å². The third-order valence-electron chi connectivity index (χ3n) is 3.35. The van der Waals surface area contributed by atoms with E-state index in [4.69, 9.17) is 4.42 Å². The maximum absolute atomic E-state index is 12.5. The summed E-state index contributed by atoms with van der Waals surface area (Å²) in [5, 5.41) is 0.875. The molecule has 2 aromatic rings. The summed E-state index contributed by atoms with van der Waals surface area (Å²) in [7, 11) is 0. The van der Waals surface area contributed by atoms with Gasteiger partial charge in [0.15, 0.2) is 0 Å². The van der Waals surface area contributed by atoms with Crippen LogP contribution in [0.4, 0.5) is 18.9 Å². The van der Waals surface area contributed by atoms with Gasteiger partial charge in [-0.25, -0.2) is 0 Å². The highest BCUT2D eigenvalue weighted by molar-refractivity contribution is 6.01. The average molecular weight is 269 g/mol. The van der Waals surface area contributed by atoms with Gasteiger partial charge in [0.05, 0.1) is 12.0 Å². The molecule has 100 valence electrons. The molecule has 0 saturated heterocycles. The number of rotatable bonds is 0. The Bertz CT molecular complexity index is 672. The van der Waals surface area contributed by atoms with Gasteiger partial charge in [0.1, 0.15) is 5.58 Å². The van der Waals surface area contributed by atoms with Crippen molar-refractivity contribution in [2.75, 3.05) is 11.4 Å². The largest absolute Gasteiger partial charge is 0.471 e. The van der Waals surface area contributed by atoms with Gasteiger partial charge in [-0.1, -0.05) is 0 Å². The molecule has 0 unspecified atom stereocenters. The predicted octanol–water partition coefficient (Wildman–Crippen LogP) is 3.19. The van der Waals surface area contributed by atoms with Gasteiger partial charge in [-0.05, 0) is 30.5 Å². The molecular formula is C13H10F3NO2. The minimum absolute atomic E-state index is 0.0549. The molecule has 0 radical (unpaired) electrons. The fourth-order valence-electron chi connectivity index (χ4n) is 2.40. The highest BCUT2D eigenvalue weighted by Crippen LogP contribution is 2.36. The molecule has 0 N–H and O–H groups in total. The van der Waals surface area contributed by atoms with Crippen LogP contribution in [-0.4, -0.2) is 18.6 Å². The third-order valence-corrected chi connectivity index (χ3v) is 3.35. The van der Waals surface area contributed by atoms with Crippen molar-refractivity contribution in [2.24, 2.45) is 0 Å². The van der Waals surface area contributed by atoms with Crippen molar-refractivity contribution in [1.82, 2.24) is 0 Å². The van der Waals surface area contributed by atoms with Crippen LogP contribution in [0.15, 0.2) is 22.8 Å². The second kappa shape index (κ2) is 3.76. The Morgan fingerprint density at radius 2 is 2.11 bits per heavy atom. The van der Waals surface area contributed by atoms with Crippen LogP contribution in [0.1, 0.15) is 11.1 Å². The molecule has 0 atom stereocenters. The second-order valence-corrected chi connectivity index (χ2v) is 4.60. The van der Waals surface area contributed by atoms with Gasteiger partial charge >= 0.3 is 12.1 Å². The van der Waals surface area contributed by atoms with Crippen molar-refractivity contribution in [2.45, 2.75) is 19.5 Å². The molecule has 1 aromatic heterocycles. The first kappa shape index (κ1) is 12.1. The quantitative estimate of drug-likeness (QED) is 0.736. The zero-order chi connectivity index (χ0) is 13.8. The van der Waals surface area contributed by atoms with Gasteiger partial charge in [0.2, 0.25) is 0 Å². The molecule has 3 nitrogen and oxygen atoms in total. The van der Waals surface area contributed by atoms with E-state index in [0.29, 0.717) is 17.7 Å². The minimum Gasteiger partial charge on any atom is -0.464 e. The number of carbonyl (C=O) groups is 1. The SMILES string of the molecule is Cc1coc2cc3c(cc12)CCN3C(=O)C(F)(F)F. The Balaban J connectivity index is 2.10. The molecular weight excluding hydrogens is 259 g/mol. The Hall–Kier alpha value is -1.98.